The molecule has 0 heterocycles. The van der Waals surface area contributed by atoms with Crippen LogP contribution in [0.3, 0.4) is 0 Å². The average molecular weight is 259 g/mol. The summed E-state index contributed by atoms with van der Waals surface area (Å²) in [5, 5.41) is 30.9. The summed E-state index contributed by atoms with van der Waals surface area (Å²) in [6.07, 6.45) is 4.92. The van der Waals surface area contributed by atoms with E-state index in [4.69, 9.17) is 16.8 Å². The van der Waals surface area contributed by atoms with Gasteiger partial charge in [0.15, 0.2) is 0 Å². The van der Waals surface area contributed by atoms with Gasteiger partial charge < -0.3 is 10.4 Å². The van der Waals surface area contributed by atoms with Crippen molar-refractivity contribution in [2.45, 2.75) is 12.5 Å². The van der Waals surface area contributed by atoms with Crippen LogP contribution in [0.5, 0.6) is 0 Å². The lowest BCUT2D eigenvalue weighted by Crippen LogP contribution is -2.29. The Morgan fingerprint density at radius 3 is 2.79 bits per heavy atom. The number of nitrogens with one attached hydrogen (secondary N) is 1. The molecule has 1 aromatic rings. The molecule has 0 amide bonds. The van der Waals surface area contributed by atoms with Crippen LogP contribution < -0.4 is 5.32 Å². The highest BCUT2D eigenvalue weighted by Gasteiger charge is 2.21. The molecule has 0 saturated carbocycles. The SMILES string of the molecule is C#CCC(Nc1ccc(C#N)cc1[N+](=O)[O-])C(=O)O. The van der Waals surface area contributed by atoms with Gasteiger partial charge in [-0.15, -0.1) is 12.3 Å². The van der Waals surface area contributed by atoms with E-state index in [-0.39, 0.29) is 23.4 Å². The Bertz CT molecular complexity index is 598. The Kier molecular flexibility index (Phi) is 4.44. The summed E-state index contributed by atoms with van der Waals surface area (Å²) >= 11 is 0. The van der Waals surface area contributed by atoms with Gasteiger partial charge in [-0.1, -0.05) is 0 Å². The zero-order valence-electron chi connectivity index (χ0n) is 9.66. The second-order valence-corrected chi connectivity index (χ2v) is 3.54. The third kappa shape index (κ3) is 3.45. The topological polar surface area (TPSA) is 116 Å². The Labute approximate surface area is 108 Å². The average Bonchev–Trinajstić information content (AvgIpc) is 2.38. The number of nitrogens with zero attached hydrogens (tertiary/aromatic N) is 2. The van der Waals surface area contributed by atoms with Gasteiger partial charge in [-0.05, 0) is 12.1 Å². The van der Waals surface area contributed by atoms with Crippen LogP contribution >= 0.6 is 0 Å². The number of terminal acetylenes is 1. The molecule has 19 heavy (non-hydrogen) atoms. The van der Waals surface area contributed by atoms with E-state index in [9.17, 15) is 14.9 Å². The minimum Gasteiger partial charge on any atom is -0.480 e. The molecule has 0 aromatic heterocycles. The molecular weight excluding hydrogens is 250 g/mol. The van der Waals surface area contributed by atoms with Crippen molar-refractivity contribution in [1.29, 1.82) is 5.26 Å². The molecule has 7 heteroatoms. The number of nitro groups is 1. The van der Waals surface area contributed by atoms with Crippen LogP contribution in [0.15, 0.2) is 18.2 Å². The number of carboxylic acids is 1. The lowest BCUT2D eigenvalue weighted by Gasteiger charge is -2.13. The summed E-state index contributed by atoms with van der Waals surface area (Å²) in [6, 6.07) is 4.34. The Morgan fingerprint density at radius 2 is 2.32 bits per heavy atom. The molecule has 1 unspecified atom stereocenters. The van der Waals surface area contributed by atoms with Crippen LogP contribution in [0.1, 0.15) is 12.0 Å². The molecular formula is C12H9N3O4. The van der Waals surface area contributed by atoms with E-state index in [0.717, 1.165) is 6.07 Å². The quantitative estimate of drug-likeness (QED) is 0.468. The first-order chi connectivity index (χ1) is 8.99. The van der Waals surface area contributed by atoms with E-state index >= 15 is 0 Å². The summed E-state index contributed by atoms with van der Waals surface area (Å²) in [6.45, 7) is 0. The maximum absolute atomic E-state index is 10.9. The van der Waals surface area contributed by atoms with Gasteiger partial charge in [0.25, 0.3) is 5.69 Å². The van der Waals surface area contributed by atoms with Crippen LogP contribution in [0.4, 0.5) is 11.4 Å². The predicted molar refractivity (Wildman–Crippen MR) is 66.3 cm³/mol. The van der Waals surface area contributed by atoms with E-state index in [1.165, 1.54) is 12.1 Å². The summed E-state index contributed by atoms with van der Waals surface area (Å²) in [5.74, 6) is 0.964. The number of anilines is 1. The first kappa shape index (κ1) is 14.0. The molecule has 0 aliphatic heterocycles. The number of nitriles is 1. The predicted octanol–water partition coefficient (Wildman–Crippen LogP) is 1.35. The van der Waals surface area contributed by atoms with Gasteiger partial charge in [0, 0.05) is 12.5 Å². The van der Waals surface area contributed by atoms with Crippen molar-refractivity contribution in [1.82, 2.24) is 0 Å². The number of aliphatic carboxylic acids is 1. The van der Waals surface area contributed by atoms with Crippen LogP contribution in [-0.4, -0.2) is 22.0 Å². The number of hydrogen-bond donors (Lipinski definition) is 2. The number of hydrogen-bond acceptors (Lipinski definition) is 5. The van der Waals surface area contributed by atoms with E-state index in [2.05, 4.69) is 11.2 Å². The standard InChI is InChI=1S/C12H9N3O4/c1-2-3-10(12(16)17)14-9-5-4-8(7-13)6-11(9)15(18)19/h1,4-6,10,14H,3H2,(H,16,17). The van der Waals surface area contributed by atoms with Crippen molar-refractivity contribution >= 4 is 17.3 Å². The maximum atomic E-state index is 10.9. The minimum absolute atomic E-state index is 0.00616. The number of carboxylic acid groups (broad SMARTS) is 1. The van der Waals surface area contributed by atoms with E-state index in [1.54, 1.807) is 6.07 Å². The van der Waals surface area contributed by atoms with Gasteiger partial charge in [0.05, 0.1) is 16.6 Å². The molecule has 1 atom stereocenters. The normalized spacial score (nSPS) is 10.8. The minimum atomic E-state index is -1.21. The van der Waals surface area contributed by atoms with E-state index < -0.39 is 16.9 Å². The fourth-order valence-electron chi connectivity index (χ4n) is 1.38. The zero-order valence-corrected chi connectivity index (χ0v) is 9.66. The van der Waals surface area contributed by atoms with Crippen LogP contribution in [0, 0.1) is 33.8 Å². The molecule has 96 valence electrons. The molecule has 1 rings (SSSR count). The van der Waals surface area contributed by atoms with Gasteiger partial charge >= 0.3 is 5.97 Å². The molecule has 7 nitrogen and oxygen atoms in total. The van der Waals surface area contributed by atoms with Gasteiger partial charge in [0.2, 0.25) is 0 Å². The van der Waals surface area contributed by atoms with Crippen LogP contribution in [0.2, 0.25) is 0 Å². The molecule has 0 fully saturated rings. The van der Waals surface area contributed by atoms with Crippen molar-refractivity contribution in [2.24, 2.45) is 0 Å². The van der Waals surface area contributed by atoms with Crippen molar-refractivity contribution in [2.75, 3.05) is 5.32 Å². The van der Waals surface area contributed by atoms with Gasteiger partial charge in [0.1, 0.15) is 11.7 Å². The highest BCUT2D eigenvalue weighted by molar-refractivity contribution is 5.79. The molecule has 0 aliphatic rings. The summed E-state index contributed by atoms with van der Waals surface area (Å²) in [7, 11) is 0. The van der Waals surface area contributed by atoms with Crippen molar-refractivity contribution in [3.8, 4) is 18.4 Å². The second-order valence-electron chi connectivity index (χ2n) is 3.54. The molecule has 0 aliphatic carbocycles. The maximum Gasteiger partial charge on any atom is 0.327 e. The largest absolute Gasteiger partial charge is 0.480 e. The number of benzene rings is 1. The van der Waals surface area contributed by atoms with Crippen LogP contribution in [-0.2, 0) is 4.79 Å². The smallest absolute Gasteiger partial charge is 0.327 e. The molecule has 0 spiro atoms. The van der Waals surface area contributed by atoms with E-state index in [0.29, 0.717) is 0 Å². The summed E-state index contributed by atoms with van der Waals surface area (Å²) in [4.78, 5) is 21.1. The van der Waals surface area contributed by atoms with Crippen molar-refractivity contribution in [3.05, 3.63) is 33.9 Å². The van der Waals surface area contributed by atoms with E-state index in [1.807, 2.05) is 0 Å². The lowest BCUT2D eigenvalue weighted by molar-refractivity contribution is -0.384. The van der Waals surface area contributed by atoms with Gasteiger partial charge in [-0.25, -0.2) is 4.79 Å². The lowest BCUT2D eigenvalue weighted by atomic mass is 10.1. The monoisotopic (exact) mass is 259 g/mol. The number of rotatable bonds is 5. The second kappa shape index (κ2) is 6.03. The Balaban J connectivity index is 3.13. The summed E-state index contributed by atoms with van der Waals surface area (Å²) in [5.41, 5.74) is -0.255. The first-order valence-electron chi connectivity index (χ1n) is 5.11. The van der Waals surface area contributed by atoms with Gasteiger partial charge in [-0.3, -0.25) is 10.1 Å². The number of nitro benzene ring substituents is 1. The molecule has 0 radical (unpaired) electrons. The highest BCUT2D eigenvalue weighted by Crippen LogP contribution is 2.26. The fourth-order valence-corrected chi connectivity index (χ4v) is 1.38. The molecule has 0 bridgehead atoms. The van der Waals surface area contributed by atoms with Gasteiger partial charge in [-0.2, -0.15) is 5.26 Å². The third-order valence-electron chi connectivity index (χ3n) is 2.27. The first-order valence-corrected chi connectivity index (χ1v) is 5.11. The number of carbonyl (C=O) groups is 1. The molecule has 1 aromatic carbocycles. The highest BCUT2D eigenvalue weighted by atomic mass is 16.6. The molecule has 0 saturated heterocycles. The zero-order chi connectivity index (χ0) is 14.4. The van der Waals surface area contributed by atoms with Crippen molar-refractivity contribution in [3.63, 3.8) is 0 Å². The Hall–Kier alpha value is -3.06. The molecule has 2 N–H and O–H groups in total. The summed E-state index contributed by atoms with van der Waals surface area (Å²) < 4.78 is 0. The fraction of sp³-hybridized carbons (Fsp3) is 0.167. The van der Waals surface area contributed by atoms with Crippen LogP contribution in [0.25, 0.3) is 0 Å². The Morgan fingerprint density at radius 1 is 1.63 bits per heavy atom. The third-order valence-corrected chi connectivity index (χ3v) is 2.27. The van der Waals surface area contributed by atoms with Crippen molar-refractivity contribution < 1.29 is 14.8 Å².